The van der Waals surface area contributed by atoms with Gasteiger partial charge < -0.3 is 9.84 Å². The van der Waals surface area contributed by atoms with Crippen molar-refractivity contribution in [3.8, 4) is 28.6 Å². The maximum absolute atomic E-state index is 9.71. The van der Waals surface area contributed by atoms with E-state index in [0.29, 0.717) is 5.88 Å². The summed E-state index contributed by atoms with van der Waals surface area (Å²) in [5, 5.41) is 11.9. The van der Waals surface area contributed by atoms with Crippen LogP contribution in [0.1, 0.15) is 11.1 Å². The Morgan fingerprint density at radius 1 is 0.743 bits per heavy atom. The molecule has 0 saturated carbocycles. The lowest BCUT2D eigenvalue weighted by Gasteiger charge is -2.11. The molecular weight excluding hydrogens is 434 g/mol. The number of hydrogen-bond donors (Lipinski definition) is 1. The van der Waals surface area contributed by atoms with Crippen LogP contribution in [0.3, 0.4) is 0 Å². The number of aromatic nitrogens is 3. The van der Waals surface area contributed by atoms with E-state index in [1.807, 2.05) is 54.6 Å². The average Bonchev–Trinajstić information content (AvgIpc) is 3.22. The molecule has 0 spiro atoms. The number of benzene rings is 3. The van der Waals surface area contributed by atoms with Gasteiger partial charge in [0.05, 0.1) is 17.6 Å². The van der Waals surface area contributed by atoms with Gasteiger partial charge in [-0.2, -0.15) is 0 Å². The predicted molar refractivity (Wildman–Crippen MR) is 139 cm³/mol. The van der Waals surface area contributed by atoms with Crippen LogP contribution in [-0.2, 0) is 6.61 Å². The quantitative estimate of drug-likeness (QED) is 0.308. The fourth-order valence-corrected chi connectivity index (χ4v) is 4.58. The zero-order chi connectivity index (χ0) is 23.8. The number of rotatable bonds is 5. The van der Waals surface area contributed by atoms with Gasteiger partial charge in [-0.15, -0.1) is 0 Å². The average molecular weight is 458 g/mol. The molecule has 6 rings (SSSR count). The van der Waals surface area contributed by atoms with Crippen molar-refractivity contribution >= 4 is 21.8 Å². The van der Waals surface area contributed by atoms with Gasteiger partial charge in [-0.05, 0) is 77.7 Å². The maximum Gasteiger partial charge on any atom is 0.219 e. The Morgan fingerprint density at radius 2 is 1.60 bits per heavy atom. The van der Waals surface area contributed by atoms with Crippen LogP contribution in [-0.4, -0.2) is 19.6 Å². The van der Waals surface area contributed by atoms with Crippen LogP contribution in [0.25, 0.3) is 38.8 Å². The summed E-state index contributed by atoms with van der Waals surface area (Å²) in [6, 6.07) is 30.3. The first-order chi connectivity index (χ1) is 17.2. The van der Waals surface area contributed by atoms with Gasteiger partial charge in [0.1, 0.15) is 11.6 Å². The minimum atomic E-state index is 0.00657. The summed E-state index contributed by atoms with van der Waals surface area (Å²) in [7, 11) is 0. The van der Waals surface area contributed by atoms with Crippen LogP contribution in [0.5, 0.6) is 11.6 Å². The van der Waals surface area contributed by atoms with E-state index in [1.54, 1.807) is 12.4 Å². The summed E-state index contributed by atoms with van der Waals surface area (Å²) < 4.78 is 8.20. The van der Waals surface area contributed by atoms with Crippen molar-refractivity contribution in [1.29, 1.82) is 0 Å². The number of aliphatic hydroxyl groups is 1. The molecule has 6 aromatic rings. The Bertz CT molecular complexity index is 1660. The third kappa shape index (κ3) is 3.92. The molecule has 0 unspecified atom stereocenters. The molecule has 0 bridgehead atoms. The van der Waals surface area contributed by atoms with Crippen LogP contribution in [0.15, 0.2) is 103 Å². The van der Waals surface area contributed by atoms with Crippen LogP contribution in [0, 0.1) is 6.92 Å². The molecule has 0 radical (unpaired) electrons. The Kier molecular flexibility index (Phi) is 5.24. The number of nitrogens with zero attached hydrogens (tertiary/aromatic N) is 3. The van der Waals surface area contributed by atoms with E-state index in [2.05, 4.69) is 57.9 Å². The van der Waals surface area contributed by atoms with E-state index < -0.39 is 0 Å². The van der Waals surface area contributed by atoms with Crippen molar-refractivity contribution in [2.45, 2.75) is 13.5 Å². The van der Waals surface area contributed by atoms with Crippen LogP contribution in [0.2, 0.25) is 0 Å². The smallest absolute Gasteiger partial charge is 0.219 e. The number of aliphatic hydroxyl groups excluding tert-OH is 1. The van der Waals surface area contributed by atoms with Gasteiger partial charge >= 0.3 is 0 Å². The minimum Gasteiger partial charge on any atom is -0.439 e. The van der Waals surface area contributed by atoms with Crippen molar-refractivity contribution < 1.29 is 9.84 Å². The van der Waals surface area contributed by atoms with E-state index in [4.69, 9.17) is 4.74 Å². The van der Waals surface area contributed by atoms with Crippen molar-refractivity contribution in [3.05, 3.63) is 115 Å². The van der Waals surface area contributed by atoms with Crippen LogP contribution in [0.4, 0.5) is 0 Å². The highest BCUT2D eigenvalue weighted by atomic mass is 16.5. The van der Waals surface area contributed by atoms with Gasteiger partial charge in [-0.25, -0.2) is 9.97 Å². The number of aryl methyl sites for hydroxylation is 1. The van der Waals surface area contributed by atoms with Gasteiger partial charge in [0.25, 0.3) is 0 Å². The molecule has 170 valence electrons. The Morgan fingerprint density at radius 3 is 2.37 bits per heavy atom. The molecule has 5 nitrogen and oxygen atoms in total. The molecule has 0 aliphatic rings. The number of pyridine rings is 2. The van der Waals surface area contributed by atoms with Gasteiger partial charge in [-0.1, -0.05) is 36.4 Å². The molecule has 3 heterocycles. The van der Waals surface area contributed by atoms with Gasteiger partial charge in [0.15, 0.2) is 0 Å². The molecule has 0 atom stereocenters. The lowest BCUT2D eigenvalue weighted by Crippen LogP contribution is -1.96. The fourth-order valence-electron chi connectivity index (χ4n) is 4.58. The van der Waals surface area contributed by atoms with E-state index in [1.165, 1.54) is 0 Å². The third-order valence-corrected chi connectivity index (χ3v) is 6.14. The highest BCUT2D eigenvalue weighted by Crippen LogP contribution is 2.36. The molecule has 1 N–H and O–H groups in total. The molecule has 5 heteroatoms. The van der Waals surface area contributed by atoms with E-state index in [-0.39, 0.29) is 6.61 Å². The summed E-state index contributed by atoms with van der Waals surface area (Å²) >= 11 is 0. The van der Waals surface area contributed by atoms with Gasteiger partial charge in [0, 0.05) is 29.2 Å². The lowest BCUT2D eigenvalue weighted by molar-refractivity contribution is 0.282. The van der Waals surface area contributed by atoms with Crippen LogP contribution >= 0.6 is 0 Å². The highest BCUT2D eigenvalue weighted by molar-refractivity contribution is 6.10. The molecular formula is C30H23N3O2. The Labute approximate surface area is 202 Å². The Balaban J connectivity index is 1.54. The van der Waals surface area contributed by atoms with Gasteiger partial charge in [-0.3, -0.25) is 4.57 Å². The van der Waals surface area contributed by atoms with Crippen molar-refractivity contribution in [2.24, 2.45) is 0 Å². The van der Waals surface area contributed by atoms with E-state index >= 15 is 0 Å². The fraction of sp³-hybridized carbons (Fsp3) is 0.0667. The van der Waals surface area contributed by atoms with E-state index in [0.717, 1.165) is 55.6 Å². The van der Waals surface area contributed by atoms with Crippen molar-refractivity contribution in [3.63, 3.8) is 0 Å². The molecule has 0 fully saturated rings. The van der Waals surface area contributed by atoms with Crippen LogP contribution < -0.4 is 4.74 Å². The van der Waals surface area contributed by atoms with E-state index in [9.17, 15) is 5.11 Å². The summed E-state index contributed by atoms with van der Waals surface area (Å²) in [6.45, 7) is 2.07. The first-order valence-electron chi connectivity index (χ1n) is 11.5. The minimum absolute atomic E-state index is 0.00657. The van der Waals surface area contributed by atoms with Crippen molar-refractivity contribution in [1.82, 2.24) is 14.5 Å². The standard InChI is InChI=1S/C30H23N3O2/c1-20-14-23(17-24(15-20)35-30-7-3-5-13-32-30)22-9-10-25-26-16-21(19-34)8-11-27(26)33(28(25)18-22)29-6-2-4-12-31-29/h2-18,34H,19H2,1H3. The topological polar surface area (TPSA) is 60.2 Å². The van der Waals surface area contributed by atoms with Crippen molar-refractivity contribution in [2.75, 3.05) is 0 Å². The number of hydrogen-bond acceptors (Lipinski definition) is 4. The maximum atomic E-state index is 9.71. The molecule has 0 aliphatic carbocycles. The predicted octanol–water partition coefficient (Wildman–Crippen LogP) is 6.83. The summed E-state index contributed by atoms with van der Waals surface area (Å²) in [6.07, 6.45) is 3.53. The second-order valence-corrected chi connectivity index (χ2v) is 8.57. The second kappa shape index (κ2) is 8.70. The number of ether oxygens (including phenoxy) is 1. The molecule has 0 aliphatic heterocycles. The largest absolute Gasteiger partial charge is 0.439 e. The molecule has 0 saturated heterocycles. The third-order valence-electron chi connectivity index (χ3n) is 6.14. The first-order valence-corrected chi connectivity index (χ1v) is 11.5. The zero-order valence-electron chi connectivity index (χ0n) is 19.2. The molecule has 35 heavy (non-hydrogen) atoms. The zero-order valence-corrected chi connectivity index (χ0v) is 19.2. The van der Waals surface area contributed by atoms with Gasteiger partial charge in [0.2, 0.25) is 5.88 Å². The summed E-state index contributed by atoms with van der Waals surface area (Å²) in [5.41, 5.74) is 6.24. The molecule has 3 aromatic heterocycles. The Hall–Kier alpha value is -4.48. The summed E-state index contributed by atoms with van der Waals surface area (Å²) in [5.74, 6) is 2.16. The lowest BCUT2D eigenvalue weighted by atomic mass is 10.0. The first kappa shape index (κ1) is 21.1. The molecule has 0 amide bonds. The molecule has 3 aromatic carbocycles. The second-order valence-electron chi connectivity index (χ2n) is 8.57. The monoisotopic (exact) mass is 457 g/mol. The summed E-state index contributed by atoms with van der Waals surface area (Å²) in [4.78, 5) is 8.91. The highest BCUT2D eigenvalue weighted by Gasteiger charge is 2.15. The number of fused-ring (bicyclic) bond motifs is 3. The SMILES string of the molecule is Cc1cc(Oc2ccccn2)cc(-c2ccc3c4cc(CO)ccc4n(-c4ccccn4)c3c2)c1. The normalized spacial score (nSPS) is 11.3.